The quantitative estimate of drug-likeness (QED) is 0.732. The molecule has 1 unspecified atom stereocenters. The van der Waals surface area contributed by atoms with E-state index in [2.05, 4.69) is 9.72 Å². The normalized spacial score (nSPS) is 11.9. The molecule has 0 radical (unpaired) electrons. The van der Waals surface area contributed by atoms with E-state index in [0.717, 1.165) is 5.56 Å². The first-order valence-corrected chi connectivity index (χ1v) is 4.98. The number of nitrogens with zero attached hydrogens (tertiary/aromatic N) is 1. The van der Waals surface area contributed by atoms with Gasteiger partial charge in [0.2, 0.25) is 5.88 Å². The van der Waals surface area contributed by atoms with Crippen LogP contribution < -0.4 is 10.5 Å². The van der Waals surface area contributed by atoms with E-state index in [0.29, 0.717) is 12.3 Å². The van der Waals surface area contributed by atoms with Crippen LogP contribution in [-0.4, -0.2) is 31.7 Å². The summed E-state index contributed by atoms with van der Waals surface area (Å²) in [5, 5.41) is 0. The standard InChI is InChI=1S/C11H16N2O3/c1-15-10-4-3-8(7-13-10)5-9(6-12)11(14)16-2/h3-4,7,9H,5-6,12H2,1-2H3. The van der Waals surface area contributed by atoms with Gasteiger partial charge in [0.05, 0.1) is 20.1 Å². The third kappa shape index (κ3) is 3.20. The second-order valence-electron chi connectivity index (χ2n) is 3.37. The van der Waals surface area contributed by atoms with Crippen molar-refractivity contribution in [3.8, 4) is 5.88 Å². The van der Waals surface area contributed by atoms with Gasteiger partial charge in [-0.3, -0.25) is 4.79 Å². The van der Waals surface area contributed by atoms with E-state index in [1.165, 1.54) is 7.11 Å². The molecular weight excluding hydrogens is 208 g/mol. The van der Waals surface area contributed by atoms with Gasteiger partial charge >= 0.3 is 5.97 Å². The zero-order valence-electron chi connectivity index (χ0n) is 9.47. The van der Waals surface area contributed by atoms with E-state index in [-0.39, 0.29) is 18.4 Å². The Bertz CT molecular complexity index is 338. The Kier molecular flexibility index (Phi) is 4.72. The molecule has 88 valence electrons. The van der Waals surface area contributed by atoms with Crippen molar-refractivity contribution in [2.45, 2.75) is 6.42 Å². The summed E-state index contributed by atoms with van der Waals surface area (Å²) in [5.41, 5.74) is 6.44. The first-order chi connectivity index (χ1) is 7.71. The Morgan fingerprint density at radius 2 is 2.25 bits per heavy atom. The number of esters is 1. The fourth-order valence-electron chi connectivity index (χ4n) is 1.37. The second-order valence-corrected chi connectivity index (χ2v) is 3.37. The van der Waals surface area contributed by atoms with E-state index in [1.54, 1.807) is 19.4 Å². The van der Waals surface area contributed by atoms with Crippen molar-refractivity contribution >= 4 is 5.97 Å². The lowest BCUT2D eigenvalue weighted by molar-refractivity contribution is -0.145. The monoisotopic (exact) mass is 224 g/mol. The Morgan fingerprint density at radius 1 is 1.50 bits per heavy atom. The Balaban J connectivity index is 2.66. The van der Waals surface area contributed by atoms with Crippen LogP contribution >= 0.6 is 0 Å². The number of carbonyl (C=O) groups excluding carboxylic acids is 1. The number of hydrogen-bond acceptors (Lipinski definition) is 5. The van der Waals surface area contributed by atoms with E-state index >= 15 is 0 Å². The van der Waals surface area contributed by atoms with Crippen LogP contribution in [0.3, 0.4) is 0 Å². The summed E-state index contributed by atoms with van der Waals surface area (Å²) < 4.78 is 9.60. The minimum Gasteiger partial charge on any atom is -0.481 e. The lowest BCUT2D eigenvalue weighted by atomic mass is 10.0. The molecule has 1 heterocycles. The third-order valence-electron chi connectivity index (χ3n) is 2.31. The number of hydrogen-bond donors (Lipinski definition) is 1. The molecule has 0 aliphatic carbocycles. The molecule has 1 aromatic rings. The predicted octanol–water partition coefficient (Wildman–Crippen LogP) is 0.381. The maximum atomic E-state index is 11.3. The molecule has 1 atom stereocenters. The average Bonchev–Trinajstić information content (AvgIpc) is 2.35. The minimum atomic E-state index is -0.319. The molecule has 2 N–H and O–H groups in total. The zero-order valence-corrected chi connectivity index (χ0v) is 9.47. The fourth-order valence-corrected chi connectivity index (χ4v) is 1.37. The average molecular weight is 224 g/mol. The summed E-state index contributed by atoms with van der Waals surface area (Å²) in [7, 11) is 2.91. The number of carbonyl (C=O) groups is 1. The topological polar surface area (TPSA) is 74.4 Å². The molecule has 0 saturated carbocycles. The summed E-state index contributed by atoms with van der Waals surface area (Å²) >= 11 is 0. The van der Waals surface area contributed by atoms with Crippen LogP contribution in [0.4, 0.5) is 0 Å². The van der Waals surface area contributed by atoms with Gasteiger partial charge in [-0.25, -0.2) is 4.98 Å². The third-order valence-corrected chi connectivity index (χ3v) is 2.31. The van der Waals surface area contributed by atoms with Crippen molar-refractivity contribution in [2.75, 3.05) is 20.8 Å². The van der Waals surface area contributed by atoms with Crippen molar-refractivity contribution in [2.24, 2.45) is 11.7 Å². The van der Waals surface area contributed by atoms with Gasteiger partial charge < -0.3 is 15.2 Å². The lowest BCUT2D eigenvalue weighted by Crippen LogP contribution is -2.26. The molecule has 16 heavy (non-hydrogen) atoms. The van der Waals surface area contributed by atoms with Crippen LogP contribution in [0.15, 0.2) is 18.3 Å². The first-order valence-electron chi connectivity index (χ1n) is 4.98. The van der Waals surface area contributed by atoms with Crippen molar-refractivity contribution in [1.29, 1.82) is 0 Å². The molecule has 0 aromatic carbocycles. The summed E-state index contributed by atoms with van der Waals surface area (Å²) in [6.45, 7) is 0.263. The number of methoxy groups -OCH3 is 2. The van der Waals surface area contributed by atoms with Gasteiger partial charge in [-0.05, 0) is 12.0 Å². The molecule has 1 rings (SSSR count). The second kappa shape index (κ2) is 6.07. The Morgan fingerprint density at radius 3 is 2.69 bits per heavy atom. The number of rotatable bonds is 5. The van der Waals surface area contributed by atoms with Crippen LogP contribution in [0.5, 0.6) is 5.88 Å². The highest BCUT2D eigenvalue weighted by Gasteiger charge is 2.17. The van der Waals surface area contributed by atoms with Crippen LogP contribution in [0.2, 0.25) is 0 Å². The Hall–Kier alpha value is -1.62. The van der Waals surface area contributed by atoms with Gasteiger partial charge in [0.25, 0.3) is 0 Å². The van der Waals surface area contributed by atoms with Crippen molar-refractivity contribution in [3.63, 3.8) is 0 Å². The number of pyridine rings is 1. The van der Waals surface area contributed by atoms with Crippen molar-refractivity contribution in [1.82, 2.24) is 4.98 Å². The lowest BCUT2D eigenvalue weighted by Gasteiger charge is -2.11. The fraction of sp³-hybridized carbons (Fsp3) is 0.455. The molecule has 5 nitrogen and oxygen atoms in total. The number of ether oxygens (including phenoxy) is 2. The highest BCUT2D eigenvalue weighted by molar-refractivity contribution is 5.72. The molecule has 0 spiro atoms. The van der Waals surface area contributed by atoms with Crippen LogP contribution in [0, 0.1) is 5.92 Å². The summed E-state index contributed by atoms with van der Waals surface area (Å²) in [5.74, 6) is -0.0652. The minimum absolute atomic E-state index is 0.263. The maximum Gasteiger partial charge on any atom is 0.310 e. The molecule has 0 bridgehead atoms. The van der Waals surface area contributed by atoms with Gasteiger partial charge in [-0.2, -0.15) is 0 Å². The van der Waals surface area contributed by atoms with Gasteiger partial charge in [0, 0.05) is 18.8 Å². The molecule has 0 aliphatic heterocycles. The highest BCUT2D eigenvalue weighted by atomic mass is 16.5. The smallest absolute Gasteiger partial charge is 0.310 e. The largest absolute Gasteiger partial charge is 0.481 e. The van der Waals surface area contributed by atoms with Gasteiger partial charge in [-0.1, -0.05) is 6.07 Å². The van der Waals surface area contributed by atoms with Crippen LogP contribution in [-0.2, 0) is 16.0 Å². The van der Waals surface area contributed by atoms with Crippen molar-refractivity contribution in [3.05, 3.63) is 23.9 Å². The van der Waals surface area contributed by atoms with Gasteiger partial charge in [0.1, 0.15) is 0 Å². The van der Waals surface area contributed by atoms with Crippen LogP contribution in [0.1, 0.15) is 5.56 Å². The first kappa shape index (κ1) is 12.4. The maximum absolute atomic E-state index is 11.3. The highest BCUT2D eigenvalue weighted by Crippen LogP contribution is 2.12. The van der Waals surface area contributed by atoms with E-state index < -0.39 is 0 Å². The van der Waals surface area contributed by atoms with Gasteiger partial charge in [0.15, 0.2) is 0 Å². The zero-order chi connectivity index (χ0) is 12.0. The molecule has 5 heteroatoms. The molecule has 0 fully saturated rings. The molecule has 0 amide bonds. The number of nitrogens with two attached hydrogens (primary N) is 1. The summed E-state index contributed by atoms with van der Waals surface area (Å²) in [4.78, 5) is 15.4. The van der Waals surface area contributed by atoms with Gasteiger partial charge in [-0.15, -0.1) is 0 Å². The van der Waals surface area contributed by atoms with E-state index in [1.807, 2.05) is 6.07 Å². The van der Waals surface area contributed by atoms with E-state index in [4.69, 9.17) is 10.5 Å². The molecule has 0 saturated heterocycles. The SMILES string of the molecule is COC(=O)C(CN)Cc1ccc(OC)nc1. The number of aromatic nitrogens is 1. The predicted molar refractivity (Wildman–Crippen MR) is 59.1 cm³/mol. The summed E-state index contributed by atoms with van der Waals surface area (Å²) in [6, 6.07) is 3.61. The Labute approximate surface area is 94.6 Å². The summed E-state index contributed by atoms with van der Waals surface area (Å²) in [6.07, 6.45) is 2.20. The molecular formula is C11H16N2O3. The van der Waals surface area contributed by atoms with Crippen LogP contribution in [0.25, 0.3) is 0 Å². The van der Waals surface area contributed by atoms with E-state index in [9.17, 15) is 4.79 Å². The van der Waals surface area contributed by atoms with Crippen molar-refractivity contribution < 1.29 is 14.3 Å². The molecule has 0 aliphatic rings. The molecule has 1 aromatic heterocycles.